The maximum Gasteiger partial charge on any atom is 0.481 e. The van der Waals surface area contributed by atoms with E-state index in [2.05, 4.69) is 59.1 Å². The lowest BCUT2D eigenvalue weighted by Crippen LogP contribution is -2.41. The average molecular weight is 1950 g/mol. The molecule has 0 saturated carbocycles. The van der Waals surface area contributed by atoms with Crippen molar-refractivity contribution in [3.8, 4) is 0 Å². The van der Waals surface area contributed by atoms with Crippen LogP contribution in [-0.2, 0) is 101 Å². The lowest BCUT2D eigenvalue weighted by atomic mass is 10.1. The van der Waals surface area contributed by atoms with Gasteiger partial charge in [-0.15, -0.1) is 0 Å². The van der Waals surface area contributed by atoms with Gasteiger partial charge in [-0.25, -0.2) is 57.2 Å². The van der Waals surface area contributed by atoms with Crippen molar-refractivity contribution in [2.75, 3.05) is 147 Å². The molecular weight excluding hydrogens is 1850 g/mol. The Morgan fingerprint density at radius 1 is 0.544 bits per heavy atom. The highest BCUT2D eigenvalue weighted by Crippen LogP contribution is 2.75. The summed E-state index contributed by atoms with van der Waals surface area (Å²) >= 11 is 20.8. The van der Waals surface area contributed by atoms with Crippen molar-refractivity contribution < 1.29 is 101 Å². The fourth-order valence-corrected chi connectivity index (χ4v) is 24.9. The van der Waals surface area contributed by atoms with Crippen LogP contribution >= 0.6 is 96.1 Å². The van der Waals surface area contributed by atoms with Gasteiger partial charge in [0.05, 0.1) is 61.7 Å². The molecule has 46 nitrogen and oxygen atoms in total. The van der Waals surface area contributed by atoms with Crippen molar-refractivity contribution >= 4 is 120 Å². The van der Waals surface area contributed by atoms with Crippen molar-refractivity contribution in [2.24, 2.45) is 4.99 Å². The summed E-state index contributed by atoms with van der Waals surface area (Å²) in [6.07, 6.45) is -10.9. The van der Waals surface area contributed by atoms with Crippen LogP contribution in [0.25, 0.3) is 35.4 Å². The van der Waals surface area contributed by atoms with Gasteiger partial charge in [0.15, 0.2) is 63.2 Å². The zero-order valence-corrected chi connectivity index (χ0v) is 78.6. The molecule has 686 valence electrons. The average Bonchev–Trinajstić information content (AvgIpc) is 1.63. The molecule has 4 saturated heterocycles. The van der Waals surface area contributed by atoms with E-state index in [1.807, 2.05) is 6.92 Å². The molecule has 0 bridgehead atoms. The SMILES string of the molecule is [C-]#[N+]CCO[P+](S)(OC[C@H]1O[C@@H](n2cnc3c(=O)nc(N=CN(C)C)[nH]c32)CC1O[P+](S)(OCC[N+]#[C-])OC[C@H]1O[C@@H](n2cc(C)c(=O)[nH]c2=O)CC1O[P+](S)(OCC[N+]#[C-])OC[C@H]1O[C@@H](n2cc(C)c(=O)[nH]c2=O)[C@@H](OC)C1O[P+](S)(OCC[N+]#[C-])OC[C@H]1O[C@@H](n2cc(C)c(=O)[nH]c2=O)[C@@H](OC)C1O[P+](OCCCOCC)(OCC[N+]#[C-])SC)OC(C)C. The van der Waals surface area contributed by atoms with E-state index in [1.54, 1.807) is 39.1 Å². The van der Waals surface area contributed by atoms with E-state index >= 15 is 0 Å². The number of aliphatic imine (C=N–C) groups is 1. The van der Waals surface area contributed by atoms with Crippen LogP contribution in [0.5, 0.6) is 0 Å². The minimum atomic E-state index is -4.37. The highest BCUT2D eigenvalue weighted by atomic mass is 32.7. The van der Waals surface area contributed by atoms with Gasteiger partial charge >= 0.3 is 58.4 Å². The molecule has 9 unspecified atom stereocenters. The van der Waals surface area contributed by atoms with Crippen molar-refractivity contribution in [2.45, 2.75) is 153 Å². The van der Waals surface area contributed by atoms with Gasteiger partial charge in [-0.05, 0) is 48.0 Å². The molecule has 5 aromatic rings. The fourth-order valence-electron chi connectivity index (χ4n) is 12.6. The fraction of sp³-hybridized carbons (Fsp3) is 0.667. The topological polar surface area (TPSA) is 469 Å². The molecule has 125 heavy (non-hydrogen) atoms. The van der Waals surface area contributed by atoms with Crippen LogP contribution in [0.15, 0.2) is 63.5 Å². The molecule has 0 spiro atoms. The van der Waals surface area contributed by atoms with Gasteiger partial charge in [-0.3, -0.25) is 52.4 Å². The van der Waals surface area contributed by atoms with Crippen molar-refractivity contribution in [3.63, 3.8) is 0 Å². The summed E-state index contributed by atoms with van der Waals surface area (Å²) in [5, 5.41) is 0. The Morgan fingerprint density at radius 2 is 0.952 bits per heavy atom. The molecule has 4 aliphatic heterocycles. The molecule has 0 aromatic carbocycles. The smallest absolute Gasteiger partial charge is 0.382 e. The molecule has 0 amide bonds. The number of aromatic amines is 4. The summed E-state index contributed by atoms with van der Waals surface area (Å²) in [6.45, 7) is 44.0. The predicted molar refractivity (Wildman–Crippen MR) is 472 cm³/mol. The molecular formula is C69H101N17O29P5S5+5. The van der Waals surface area contributed by atoms with Gasteiger partial charge in [-0.1, -0.05) is 0 Å². The Morgan fingerprint density at radius 3 is 1.39 bits per heavy atom. The van der Waals surface area contributed by atoms with Gasteiger partial charge in [-0.2, -0.15) is 72.8 Å². The normalized spacial score (nSPS) is 25.0. The van der Waals surface area contributed by atoms with Gasteiger partial charge in [0.2, 0.25) is 38.7 Å². The number of aromatic nitrogens is 10. The van der Waals surface area contributed by atoms with Crippen LogP contribution in [0.1, 0.15) is 81.6 Å². The van der Waals surface area contributed by atoms with E-state index in [0.29, 0.717) is 19.6 Å². The number of imidazole rings is 1. The summed E-state index contributed by atoms with van der Waals surface area (Å²) in [7, 11) is -14.0. The molecule has 5 aromatic heterocycles. The van der Waals surface area contributed by atoms with Gasteiger partial charge in [0.1, 0.15) is 117 Å². The standard InChI is InChI=1S/C69H97N17O29P5S5/c1-17-96-24-18-25-101-120(125-16,102-30-23-74-11)115-56-51(110-65(58(56)95-15)85-35-45(6)62(89)81-69(85)93)39-106-119(124,100-29-22-73-10)114-55-50(109-64(57(55)94-14)84-34-44(5)61(88)80-68(84)92)38-105-118(123,99-28-21-72-9)112-46-31-52(83-33-43(4)60(87)79-67(83)91)107-48(46)37-104-117(122,98-27-20-71-8)113-47-32-53(108-49(47)36-103-116(121,111-42(2)3)97-26-19-70-7)86-41-75-54-59(86)77-66(78-63(54)90)76-40-82(12)13/h33-35,40-42,46-53,55-58,64-65,121-124H,17-32,36-39H2,1-6,12-16H3/q+1/p+4/t46?,47?,48-,49-,50-,51-,52-,53-,55?,56?,57+,58+,64-,65-,116?,117?,118?,119?,120?/m1/s1. The van der Waals surface area contributed by atoms with Gasteiger partial charge in [0, 0.05) is 95.9 Å². The van der Waals surface area contributed by atoms with Crippen molar-refractivity contribution in [1.29, 1.82) is 0 Å². The van der Waals surface area contributed by atoms with Crippen LogP contribution in [0, 0.1) is 53.6 Å². The third-order valence-corrected chi connectivity index (χ3v) is 32.6. The van der Waals surface area contributed by atoms with Crippen molar-refractivity contribution in [3.05, 3.63) is 172 Å². The number of nitrogens with one attached hydrogen (secondary N) is 4. The number of nitrogens with zero attached hydrogens (tertiary/aromatic N) is 13. The third-order valence-electron chi connectivity index (χ3n) is 18.3. The maximum atomic E-state index is 14.0. The quantitative estimate of drug-likeness (QED) is 0.00457. The number of hydrogen-bond acceptors (Lipinski definition) is 37. The van der Waals surface area contributed by atoms with E-state index in [-0.39, 0.29) is 112 Å². The lowest BCUT2D eigenvalue weighted by molar-refractivity contribution is -0.0655. The zero-order valence-electron chi connectivity index (χ0n) is 69.8. The molecule has 9 heterocycles. The van der Waals surface area contributed by atoms with Gasteiger partial charge < -0.3 is 67.3 Å². The second-order valence-electron chi connectivity index (χ2n) is 27.8. The number of fused-ring (bicyclic) bond motifs is 1. The Kier molecular flexibility index (Phi) is 40.0. The molecule has 19 atom stereocenters. The summed E-state index contributed by atoms with van der Waals surface area (Å²) in [4.78, 5) is 135. The zero-order chi connectivity index (χ0) is 91.0. The van der Waals surface area contributed by atoms with Crippen LogP contribution in [0.4, 0.5) is 5.95 Å². The highest BCUT2D eigenvalue weighted by Gasteiger charge is 2.63. The molecule has 56 heteroatoms. The summed E-state index contributed by atoms with van der Waals surface area (Å²) < 4.78 is 147. The molecule has 4 fully saturated rings. The summed E-state index contributed by atoms with van der Waals surface area (Å²) in [5.74, 6) is -0.0586. The van der Waals surface area contributed by atoms with Crippen molar-refractivity contribution in [1.82, 2.24) is 53.1 Å². The minimum absolute atomic E-state index is 0.0535. The third kappa shape index (κ3) is 28.2. The Labute approximate surface area is 745 Å². The maximum absolute atomic E-state index is 14.0. The monoisotopic (exact) mass is 1950 g/mol. The summed E-state index contributed by atoms with van der Waals surface area (Å²) in [5.41, 5.74) is -5.17. The lowest BCUT2D eigenvalue weighted by Gasteiger charge is -2.28. The van der Waals surface area contributed by atoms with Gasteiger partial charge in [0.25, 0.3) is 16.7 Å². The minimum Gasteiger partial charge on any atom is -0.382 e. The first-order valence-electron chi connectivity index (χ1n) is 38.5. The first-order valence-corrected chi connectivity index (χ1v) is 52.7. The van der Waals surface area contributed by atoms with E-state index in [0.717, 1.165) is 25.1 Å². The molecule has 0 aliphatic carbocycles. The number of aryl methyl sites for hydroxylation is 3. The Bertz CT molecular complexity index is 5130. The number of ether oxygens (including phenoxy) is 7. The van der Waals surface area contributed by atoms with Crippen LogP contribution in [-0.4, -0.2) is 273 Å². The largest absolute Gasteiger partial charge is 0.481 e. The molecule has 4 aliphatic rings. The number of hydrogen-bond donors (Lipinski definition) is 8. The molecule has 0 radical (unpaired) electrons. The van der Waals surface area contributed by atoms with E-state index in [9.17, 15) is 33.6 Å². The Hall–Kier alpha value is -5.67. The predicted octanol–water partition coefficient (Wildman–Crippen LogP) is 7.94. The number of rotatable bonds is 52. The second kappa shape index (κ2) is 48.5. The number of H-pyrrole nitrogens is 4. The van der Waals surface area contributed by atoms with Crippen LogP contribution in [0.2, 0.25) is 0 Å². The Balaban J connectivity index is 1.07. The highest BCUT2D eigenvalue weighted by molar-refractivity contribution is 8.57. The molecule has 4 N–H and O–H groups in total. The second-order valence-corrected chi connectivity index (χ2v) is 44.8. The number of thiol groups is 4. The van der Waals surface area contributed by atoms with E-state index in [1.165, 1.54) is 70.8 Å². The number of methoxy groups -OCH3 is 2. The summed E-state index contributed by atoms with van der Waals surface area (Å²) in [6, 6.07) is 0. The van der Waals surface area contributed by atoms with Crippen LogP contribution in [0.3, 0.4) is 0 Å². The first kappa shape index (κ1) is 103. The van der Waals surface area contributed by atoms with E-state index < -0.39 is 200 Å². The molecule has 9 rings (SSSR count). The first-order chi connectivity index (χ1) is 59.7. The van der Waals surface area contributed by atoms with Crippen LogP contribution < -0.4 is 39.3 Å². The van der Waals surface area contributed by atoms with E-state index in [4.69, 9.17) is 183 Å².